The lowest BCUT2D eigenvalue weighted by Gasteiger charge is -2.18. The van der Waals surface area contributed by atoms with Crippen molar-refractivity contribution in [3.8, 4) is 0 Å². The van der Waals surface area contributed by atoms with E-state index in [2.05, 4.69) is 0 Å². The second-order valence-electron chi connectivity index (χ2n) is 5.49. The van der Waals surface area contributed by atoms with Gasteiger partial charge in [-0.2, -0.15) is 0 Å². The van der Waals surface area contributed by atoms with Gasteiger partial charge in [-0.3, -0.25) is 0 Å². The molecule has 0 radical (unpaired) electrons. The lowest BCUT2D eigenvalue weighted by atomic mass is 10.0. The lowest BCUT2D eigenvalue weighted by Crippen LogP contribution is -2.14. The Morgan fingerprint density at radius 3 is 1.92 bits per heavy atom. The normalized spacial score (nSPS) is 11.4. The average molecular weight is 372 g/mol. The first-order valence-electron chi connectivity index (χ1n) is 7.55. The van der Waals surface area contributed by atoms with Crippen LogP contribution in [0.1, 0.15) is 26.9 Å². The van der Waals surface area contributed by atoms with Crippen LogP contribution in [0.15, 0.2) is 77.0 Å². The summed E-state index contributed by atoms with van der Waals surface area (Å²) in [6.07, 6.45) is 0.474. The summed E-state index contributed by atoms with van der Waals surface area (Å²) in [7, 11) is -3.49. The molecule has 0 aliphatic heterocycles. The summed E-state index contributed by atoms with van der Waals surface area (Å²) >= 11 is 1.06. The van der Waals surface area contributed by atoms with Gasteiger partial charge in [-0.05, 0) is 22.6 Å². The predicted molar refractivity (Wildman–Crippen MR) is 97.6 cm³/mol. The van der Waals surface area contributed by atoms with Crippen molar-refractivity contribution in [1.82, 2.24) is 0 Å². The van der Waals surface area contributed by atoms with E-state index in [1.807, 2.05) is 60.7 Å². The molecule has 6 heteroatoms. The molecule has 0 saturated carbocycles. The van der Waals surface area contributed by atoms with Crippen LogP contribution in [0.2, 0.25) is 0 Å². The van der Waals surface area contributed by atoms with Crippen molar-refractivity contribution in [3.63, 3.8) is 0 Å². The Balaban J connectivity index is 1.97. The van der Waals surface area contributed by atoms with E-state index in [-0.39, 0.29) is 9.77 Å². The van der Waals surface area contributed by atoms with Gasteiger partial charge in [-0.15, -0.1) is 11.3 Å². The lowest BCUT2D eigenvalue weighted by molar-refractivity contribution is 0.0380. The third-order valence-electron chi connectivity index (χ3n) is 3.64. The van der Waals surface area contributed by atoms with Crippen LogP contribution in [0.3, 0.4) is 0 Å². The maximum atomic E-state index is 12.7. The maximum Gasteiger partial charge on any atom is 0.350 e. The monoisotopic (exact) mass is 372 g/mol. The van der Waals surface area contributed by atoms with Gasteiger partial charge in [0.25, 0.3) is 0 Å². The second kappa shape index (κ2) is 7.21. The first-order valence-corrected chi connectivity index (χ1v) is 10.3. The summed E-state index contributed by atoms with van der Waals surface area (Å²) in [5, 5.41) is 1.58. The minimum Gasteiger partial charge on any atom is -0.448 e. The van der Waals surface area contributed by atoms with Crippen LogP contribution in [-0.2, 0) is 14.6 Å². The van der Waals surface area contributed by atoms with E-state index in [9.17, 15) is 13.2 Å². The zero-order valence-electron chi connectivity index (χ0n) is 13.5. The quantitative estimate of drug-likeness (QED) is 0.633. The average Bonchev–Trinajstić information content (AvgIpc) is 3.11. The van der Waals surface area contributed by atoms with Crippen molar-refractivity contribution < 1.29 is 17.9 Å². The zero-order chi connectivity index (χ0) is 17.9. The molecule has 0 spiro atoms. The molecule has 0 amide bonds. The molecule has 0 bridgehead atoms. The SMILES string of the molecule is CS(=O)(=O)c1ccsc1C(=O)OC(c1ccccc1)c1ccccc1. The third kappa shape index (κ3) is 3.97. The molecule has 3 aromatic rings. The van der Waals surface area contributed by atoms with Crippen LogP contribution >= 0.6 is 11.3 Å². The van der Waals surface area contributed by atoms with Crippen molar-refractivity contribution in [2.45, 2.75) is 11.0 Å². The van der Waals surface area contributed by atoms with Gasteiger partial charge in [0.15, 0.2) is 15.9 Å². The van der Waals surface area contributed by atoms with Crippen molar-refractivity contribution >= 4 is 27.1 Å². The van der Waals surface area contributed by atoms with E-state index in [1.54, 1.807) is 5.38 Å². The van der Waals surface area contributed by atoms with Gasteiger partial charge in [-0.25, -0.2) is 13.2 Å². The number of esters is 1. The van der Waals surface area contributed by atoms with E-state index >= 15 is 0 Å². The van der Waals surface area contributed by atoms with Crippen LogP contribution in [0.4, 0.5) is 0 Å². The summed E-state index contributed by atoms with van der Waals surface area (Å²) < 4.78 is 29.4. The summed E-state index contributed by atoms with van der Waals surface area (Å²) in [5.41, 5.74) is 1.64. The Morgan fingerprint density at radius 1 is 0.920 bits per heavy atom. The van der Waals surface area contributed by atoms with Gasteiger partial charge >= 0.3 is 5.97 Å². The molecular weight excluding hydrogens is 356 g/mol. The van der Waals surface area contributed by atoms with E-state index in [0.717, 1.165) is 28.7 Å². The smallest absolute Gasteiger partial charge is 0.350 e. The summed E-state index contributed by atoms with van der Waals surface area (Å²) in [6, 6.07) is 20.2. The second-order valence-corrected chi connectivity index (χ2v) is 8.39. The molecule has 1 aromatic heterocycles. The first-order chi connectivity index (χ1) is 12.0. The highest BCUT2D eigenvalue weighted by molar-refractivity contribution is 7.91. The molecule has 128 valence electrons. The van der Waals surface area contributed by atoms with E-state index in [1.165, 1.54) is 6.07 Å². The minimum absolute atomic E-state index is 0.00220. The molecule has 0 fully saturated rings. The number of carbonyl (C=O) groups is 1. The number of thiophene rings is 1. The predicted octanol–water partition coefficient (Wildman–Crippen LogP) is 4.10. The minimum atomic E-state index is -3.49. The number of hydrogen-bond acceptors (Lipinski definition) is 5. The molecule has 0 aliphatic carbocycles. The molecular formula is C19H16O4S2. The number of benzene rings is 2. The topological polar surface area (TPSA) is 60.4 Å². The van der Waals surface area contributed by atoms with Gasteiger partial charge in [0, 0.05) is 6.26 Å². The Morgan fingerprint density at radius 2 is 1.44 bits per heavy atom. The molecule has 3 rings (SSSR count). The van der Waals surface area contributed by atoms with Crippen LogP contribution in [0.25, 0.3) is 0 Å². The molecule has 25 heavy (non-hydrogen) atoms. The van der Waals surface area contributed by atoms with Crippen molar-refractivity contribution in [2.24, 2.45) is 0 Å². The Hall–Kier alpha value is -2.44. The van der Waals surface area contributed by atoms with Crippen LogP contribution in [-0.4, -0.2) is 20.6 Å². The highest BCUT2D eigenvalue weighted by Gasteiger charge is 2.25. The number of ether oxygens (including phenoxy) is 1. The Kier molecular flexibility index (Phi) is 5.01. The fraction of sp³-hybridized carbons (Fsp3) is 0.105. The fourth-order valence-corrected chi connectivity index (χ4v) is 4.57. The third-order valence-corrected chi connectivity index (χ3v) is 5.81. The Bertz CT molecular complexity index is 921. The fourth-order valence-electron chi connectivity index (χ4n) is 2.48. The Labute approximate surface area is 150 Å². The van der Waals surface area contributed by atoms with Crippen LogP contribution in [0, 0.1) is 0 Å². The number of rotatable bonds is 5. The molecule has 0 unspecified atom stereocenters. The maximum absolute atomic E-state index is 12.7. The molecule has 2 aromatic carbocycles. The van der Waals surface area contributed by atoms with Crippen molar-refractivity contribution in [3.05, 3.63) is 88.1 Å². The van der Waals surface area contributed by atoms with Gasteiger partial charge in [0.2, 0.25) is 0 Å². The van der Waals surface area contributed by atoms with Crippen LogP contribution in [0.5, 0.6) is 0 Å². The van der Waals surface area contributed by atoms with E-state index in [4.69, 9.17) is 4.74 Å². The van der Waals surface area contributed by atoms with E-state index < -0.39 is 21.9 Å². The van der Waals surface area contributed by atoms with Crippen molar-refractivity contribution in [1.29, 1.82) is 0 Å². The van der Waals surface area contributed by atoms with Crippen molar-refractivity contribution in [2.75, 3.05) is 6.26 Å². The molecule has 0 N–H and O–H groups in total. The standard InChI is InChI=1S/C19H16O4S2/c1-25(21,22)16-12-13-24-18(16)19(20)23-17(14-8-4-2-5-9-14)15-10-6-3-7-11-15/h2-13,17H,1H3. The van der Waals surface area contributed by atoms with Gasteiger partial charge in [-0.1, -0.05) is 60.7 Å². The molecule has 1 heterocycles. The summed E-state index contributed by atoms with van der Waals surface area (Å²) in [4.78, 5) is 12.8. The first kappa shape index (κ1) is 17.4. The van der Waals surface area contributed by atoms with Gasteiger partial charge in [0.1, 0.15) is 4.88 Å². The largest absolute Gasteiger partial charge is 0.448 e. The highest BCUT2D eigenvalue weighted by atomic mass is 32.2. The van der Waals surface area contributed by atoms with E-state index in [0.29, 0.717) is 0 Å². The molecule has 0 atom stereocenters. The summed E-state index contributed by atoms with van der Waals surface area (Å²) in [5.74, 6) is -0.645. The summed E-state index contributed by atoms with van der Waals surface area (Å²) in [6.45, 7) is 0. The highest BCUT2D eigenvalue weighted by Crippen LogP contribution is 2.30. The number of hydrogen-bond donors (Lipinski definition) is 0. The van der Waals surface area contributed by atoms with Gasteiger partial charge in [0.05, 0.1) is 4.90 Å². The molecule has 4 nitrogen and oxygen atoms in total. The molecule has 0 saturated heterocycles. The number of carbonyl (C=O) groups excluding carboxylic acids is 1. The zero-order valence-corrected chi connectivity index (χ0v) is 15.1. The van der Waals surface area contributed by atoms with Crippen LogP contribution < -0.4 is 0 Å². The number of sulfone groups is 1. The molecule has 0 aliphatic rings. The van der Waals surface area contributed by atoms with Gasteiger partial charge < -0.3 is 4.74 Å².